The number of nitrogens with one attached hydrogen (secondary N) is 1. The fourth-order valence-corrected chi connectivity index (χ4v) is 3.37. The molecule has 0 atom stereocenters. The van der Waals surface area contributed by atoms with Gasteiger partial charge in [0, 0.05) is 31.9 Å². The molecule has 2 aliphatic heterocycles. The number of hydrogen-bond donors (Lipinski definition) is 2. The minimum absolute atomic E-state index is 0. The van der Waals surface area contributed by atoms with Gasteiger partial charge in [-0.15, -0.1) is 24.8 Å². The highest BCUT2D eigenvalue weighted by atomic mass is 35.5. The van der Waals surface area contributed by atoms with Gasteiger partial charge in [0.25, 0.3) is 0 Å². The second-order valence-corrected chi connectivity index (χ2v) is 5.73. The van der Waals surface area contributed by atoms with Crippen LogP contribution in [-0.4, -0.2) is 49.2 Å². The first kappa shape index (κ1) is 20.0. The van der Waals surface area contributed by atoms with Gasteiger partial charge >= 0.3 is 0 Å². The van der Waals surface area contributed by atoms with Crippen LogP contribution in [-0.2, 0) is 4.79 Å². The van der Waals surface area contributed by atoms with E-state index in [1.54, 1.807) is 12.1 Å². The van der Waals surface area contributed by atoms with Crippen molar-refractivity contribution in [2.45, 2.75) is 18.4 Å². The average molecular weight is 365 g/mol. The van der Waals surface area contributed by atoms with E-state index < -0.39 is 5.54 Å². The van der Waals surface area contributed by atoms with E-state index in [9.17, 15) is 9.18 Å². The molecular formula is C15H23Cl2FN4O. The highest BCUT2D eigenvalue weighted by molar-refractivity contribution is 5.93. The lowest BCUT2D eigenvalue weighted by molar-refractivity contribution is -0.125. The van der Waals surface area contributed by atoms with E-state index in [0.29, 0.717) is 13.2 Å². The topological polar surface area (TPSA) is 61.6 Å². The number of carbonyl (C=O) groups is 1. The summed E-state index contributed by atoms with van der Waals surface area (Å²) in [6.45, 7) is 3.72. The highest BCUT2D eigenvalue weighted by Gasteiger charge is 2.50. The van der Waals surface area contributed by atoms with Gasteiger partial charge in [0.1, 0.15) is 11.4 Å². The molecule has 23 heavy (non-hydrogen) atoms. The Balaban J connectivity index is 0.00000132. The van der Waals surface area contributed by atoms with Crippen molar-refractivity contribution < 1.29 is 9.18 Å². The molecule has 2 saturated heterocycles. The minimum atomic E-state index is -0.497. The van der Waals surface area contributed by atoms with Gasteiger partial charge in [-0.1, -0.05) is 0 Å². The number of carbonyl (C=O) groups excluding carboxylic acids is 1. The fraction of sp³-hybridized carbons (Fsp3) is 0.533. The zero-order valence-corrected chi connectivity index (χ0v) is 14.5. The smallest absolute Gasteiger partial charge is 0.247 e. The van der Waals surface area contributed by atoms with Crippen LogP contribution < -0.4 is 16.0 Å². The van der Waals surface area contributed by atoms with E-state index >= 15 is 0 Å². The Morgan fingerprint density at radius 3 is 2.35 bits per heavy atom. The largest absolute Gasteiger partial charge is 0.339 e. The SMILES string of the molecule is Cl.Cl.NCCN1CCC2(CC1)C(=O)NCN2c1ccc(F)cc1. The van der Waals surface area contributed by atoms with Gasteiger partial charge in [-0.25, -0.2) is 4.39 Å². The number of nitrogens with zero attached hydrogens (tertiary/aromatic N) is 2. The molecule has 0 radical (unpaired) electrons. The van der Waals surface area contributed by atoms with Gasteiger partial charge in [-0.3, -0.25) is 4.79 Å². The summed E-state index contributed by atoms with van der Waals surface area (Å²) >= 11 is 0. The summed E-state index contributed by atoms with van der Waals surface area (Å²) in [6.07, 6.45) is 1.55. The summed E-state index contributed by atoms with van der Waals surface area (Å²) in [7, 11) is 0. The summed E-state index contributed by atoms with van der Waals surface area (Å²) in [5, 5.41) is 2.94. The number of rotatable bonds is 3. The molecule has 1 amide bonds. The lowest BCUT2D eigenvalue weighted by Gasteiger charge is -2.43. The molecule has 2 fully saturated rings. The molecule has 0 aromatic heterocycles. The Hall–Kier alpha value is -1.08. The Morgan fingerprint density at radius 2 is 1.78 bits per heavy atom. The van der Waals surface area contributed by atoms with Crippen LogP contribution in [0.25, 0.3) is 0 Å². The third-order valence-corrected chi connectivity index (χ3v) is 4.60. The molecule has 3 N–H and O–H groups in total. The average Bonchev–Trinajstić information content (AvgIpc) is 2.80. The fourth-order valence-electron chi connectivity index (χ4n) is 3.37. The Morgan fingerprint density at radius 1 is 1.17 bits per heavy atom. The Bertz CT molecular complexity index is 521. The van der Waals surface area contributed by atoms with Crippen LogP contribution in [0.5, 0.6) is 0 Å². The summed E-state index contributed by atoms with van der Waals surface area (Å²) in [6, 6.07) is 6.36. The Labute approximate surface area is 148 Å². The van der Waals surface area contributed by atoms with Gasteiger partial charge in [-0.2, -0.15) is 0 Å². The maximum atomic E-state index is 13.1. The normalized spacial score (nSPS) is 19.9. The predicted octanol–water partition coefficient (Wildman–Crippen LogP) is 1.36. The molecule has 1 aromatic carbocycles. The second-order valence-electron chi connectivity index (χ2n) is 5.73. The van der Waals surface area contributed by atoms with Gasteiger partial charge in [0.05, 0.1) is 6.67 Å². The predicted molar refractivity (Wildman–Crippen MR) is 93.8 cm³/mol. The lowest BCUT2D eigenvalue weighted by atomic mass is 9.85. The van der Waals surface area contributed by atoms with Crippen molar-refractivity contribution in [1.29, 1.82) is 0 Å². The number of anilines is 1. The number of piperidine rings is 1. The third kappa shape index (κ3) is 3.71. The molecule has 2 aliphatic rings. The van der Waals surface area contributed by atoms with Crippen LogP contribution in [0.1, 0.15) is 12.8 Å². The first-order chi connectivity index (χ1) is 10.2. The van der Waals surface area contributed by atoms with Crippen molar-refractivity contribution in [2.24, 2.45) is 5.73 Å². The first-order valence-electron chi connectivity index (χ1n) is 7.40. The van der Waals surface area contributed by atoms with Crippen molar-refractivity contribution in [1.82, 2.24) is 10.2 Å². The number of amides is 1. The molecule has 3 rings (SSSR count). The summed E-state index contributed by atoms with van der Waals surface area (Å²) in [5.74, 6) is -0.178. The number of nitrogens with two attached hydrogens (primary N) is 1. The molecule has 8 heteroatoms. The van der Waals surface area contributed by atoms with Crippen molar-refractivity contribution >= 4 is 36.4 Å². The maximum Gasteiger partial charge on any atom is 0.247 e. The minimum Gasteiger partial charge on any atom is -0.339 e. The van der Waals surface area contributed by atoms with Crippen molar-refractivity contribution in [2.75, 3.05) is 37.7 Å². The number of halogens is 3. The van der Waals surface area contributed by atoms with Crippen LogP contribution in [0, 0.1) is 5.82 Å². The molecule has 0 aliphatic carbocycles. The molecule has 0 saturated carbocycles. The van der Waals surface area contributed by atoms with Crippen LogP contribution in [0.15, 0.2) is 24.3 Å². The standard InChI is InChI=1S/C15H21FN4O.2ClH/c16-12-1-3-13(4-2-12)20-11-18-14(21)15(20)5-8-19(9-6-15)10-7-17;;/h1-4H,5-11,17H2,(H,18,21);2*1H. The molecule has 5 nitrogen and oxygen atoms in total. The van der Waals surface area contributed by atoms with Gasteiger partial charge in [-0.05, 0) is 37.1 Å². The Kier molecular flexibility index (Phi) is 7.07. The highest BCUT2D eigenvalue weighted by Crippen LogP contribution is 2.36. The molecule has 130 valence electrons. The van der Waals surface area contributed by atoms with Crippen LogP contribution >= 0.6 is 24.8 Å². The van der Waals surface area contributed by atoms with Crippen molar-refractivity contribution in [3.05, 3.63) is 30.1 Å². The van der Waals surface area contributed by atoms with Gasteiger partial charge in [0.15, 0.2) is 0 Å². The molecule has 1 spiro atoms. The van der Waals surface area contributed by atoms with E-state index in [2.05, 4.69) is 15.1 Å². The van der Waals surface area contributed by atoms with Gasteiger partial charge in [0.2, 0.25) is 5.91 Å². The van der Waals surface area contributed by atoms with Crippen LogP contribution in [0.2, 0.25) is 0 Å². The second kappa shape index (κ2) is 8.15. The van der Waals surface area contributed by atoms with E-state index in [4.69, 9.17) is 5.73 Å². The monoisotopic (exact) mass is 364 g/mol. The quantitative estimate of drug-likeness (QED) is 0.849. The number of benzene rings is 1. The maximum absolute atomic E-state index is 13.1. The van der Waals surface area contributed by atoms with E-state index in [1.165, 1.54) is 12.1 Å². The molecular weight excluding hydrogens is 342 g/mol. The van der Waals surface area contributed by atoms with Crippen molar-refractivity contribution in [3.63, 3.8) is 0 Å². The summed E-state index contributed by atoms with van der Waals surface area (Å²) in [5.41, 5.74) is 5.99. The molecule has 0 unspecified atom stereocenters. The van der Waals surface area contributed by atoms with Crippen LogP contribution in [0.4, 0.5) is 10.1 Å². The lowest BCUT2D eigenvalue weighted by Crippen LogP contribution is -2.56. The summed E-state index contributed by atoms with van der Waals surface area (Å²) < 4.78 is 13.1. The van der Waals surface area contributed by atoms with Gasteiger partial charge < -0.3 is 20.9 Å². The number of likely N-dealkylation sites (tertiary alicyclic amines) is 1. The van der Waals surface area contributed by atoms with E-state index in [-0.39, 0.29) is 36.5 Å². The van der Waals surface area contributed by atoms with Crippen molar-refractivity contribution in [3.8, 4) is 0 Å². The van der Waals surface area contributed by atoms with Crippen LogP contribution in [0.3, 0.4) is 0 Å². The first-order valence-corrected chi connectivity index (χ1v) is 7.40. The van der Waals surface area contributed by atoms with E-state index in [0.717, 1.165) is 38.2 Å². The molecule has 2 heterocycles. The number of hydrogen-bond acceptors (Lipinski definition) is 4. The summed E-state index contributed by atoms with van der Waals surface area (Å²) in [4.78, 5) is 16.8. The zero-order valence-electron chi connectivity index (χ0n) is 12.8. The zero-order chi connectivity index (χ0) is 14.9. The van der Waals surface area contributed by atoms with E-state index in [1.807, 2.05) is 0 Å². The third-order valence-electron chi connectivity index (χ3n) is 4.60. The molecule has 0 bridgehead atoms. The molecule has 1 aromatic rings.